The Morgan fingerprint density at radius 2 is 1.76 bits per heavy atom. The van der Waals surface area contributed by atoms with Crippen molar-refractivity contribution in [3.05, 3.63) is 42.2 Å². The van der Waals surface area contributed by atoms with Crippen molar-refractivity contribution in [2.45, 2.75) is 32.2 Å². The Morgan fingerprint density at radius 1 is 1.05 bits per heavy atom. The number of piperidine rings is 1. The van der Waals surface area contributed by atoms with Crippen LogP contribution in [0.1, 0.15) is 37.8 Å². The highest BCUT2D eigenvalue weighted by atomic mass is 15.2. The lowest BCUT2D eigenvalue weighted by molar-refractivity contribution is 0.175. The molecule has 21 heavy (non-hydrogen) atoms. The fraction of sp³-hybridized carbons (Fsp3) is 0.412. The van der Waals surface area contributed by atoms with E-state index in [0.29, 0.717) is 11.9 Å². The normalized spacial score (nSPS) is 17.6. The molecule has 1 unspecified atom stereocenters. The third kappa shape index (κ3) is 3.22. The number of likely N-dealkylation sites (tertiary alicyclic amines) is 1. The van der Waals surface area contributed by atoms with Crippen molar-refractivity contribution < 1.29 is 0 Å². The van der Waals surface area contributed by atoms with E-state index in [-0.39, 0.29) is 0 Å². The first-order chi connectivity index (χ1) is 10.2. The van der Waals surface area contributed by atoms with Crippen LogP contribution in [0.5, 0.6) is 0 Å². The van der Waals surface area contributed by atoms with Gasteiger partial charge in [-0.2, -0.15) is 0 Å². The molecule has 0 spiro atoms. The van der Waals surface area contributed by atoms with Crippen molar-refractivity contribution in [2.24, 2.45) is 0 Å². The smallest absolute Gasteiger partial charge is 0.142 e. The van der Waals surface area contributed by atoms with E-state index in [2.05, 4.69) is 46.1 Å². The molecule has 4 heteroatoms. The number of nitrogens with two attached hydrogens (primary N) is 1. The van der Waals surface area contributed by atoms with Crippen LogP contribution >= 0.6 is 0 Å². The standard InChI is InChI=1S/C17H22N4/c1-13(21-9-3-2-4-10-21)14-5-7-15(8-6-14)16-11-19-12-17(18)20-16/h5-8,11-13H,2-4,9-10H2,1H3,(H2,18,20). The van der Waals surface area contributed by atoms with Crippen LogP contribution in [0.25, 0.3) is 11.3 Å². The molecule has 3 rings (SSSR count). The molecule has 1 saturated heterocycles. The van der Waals surface area contributed by atoms with Crippen LogP contribution in [0.2, 0.25) is 0 Å². The Labute approximate surface area is 126 Å². The number of hydrogen-bond donors (Lipinski definition) is 1. The largest absolute Gasteiger partial charge is 0.382 e. The van der Waals surface area contributed by atoms with Gasteiger partial charge in [0.2, 0.25) is 0 Å². The van der Waals surface area contributed by atoms with E-state index in [0.717, 1.165) is 11.3 Å². The second kappa shape index (κ2) is 6.22. The van der Waals surface area contributed by atoms with Gasteiger partial charge < -0.3 is 5.73 Å². The summed E-state index contributed by atoms with van der Waals surface area (Å²) in [6, 6.07) is 9.09. The van der Waals surface area contributed by atoms with Crippen molar-refractivity contribution in [2.75, 3.05) is 18.8 Å². The highest BCUT2D eigenvalue weighted by Gasteiger charge is 2.17. The maximum atomic E-state index is 5.69. The van der Waals surface area contributed by atoms with Gasteiger partial charge >= 0.3 is 0 Å². The molecular weight excluding hydrogens is 260 g/mol. The summed E-state index contributed by atoms with van der Waals surface area (Å²) in [7, 11) is 0. The third-order valence-electron chi connectivity index (χ3n) is 4.28. The van der Waals surface area contributed by atoms with Crippen molar-refractivity contribution in [3.63, 3.8) is 0 Å². The summed E-state index contributed by atoms with van der Waals surface area (Å²) in [5, 5.41) is 0. The van der Waals surface area contributed by atoms with E-state index >= 15 is 0 Å². The van der Waals surface area contributed by atoms with Crippen molar-refractivity contribution >= 4 is 5.82 Å². The highest BCUT2D eigenvalue weighted by molar-refractivity contribution is 5.59. The van der Waals surface area contributed by atoms with Gasteiger partial charge in [-0.1, -0.05) is 30.7 Å². The molecule has 0 amide bonds. The molecule has 2 N–H and O–H groups in total. The summed E-state index contributed by atoms with van der Waals surface area (Å²) >= 11 is 0. The molecule has 1 atom stereocenters. The number of benzene rings is 1. The average Bonchev–Trinajstić information content (AvgIpc) is 2.55. The Hall–Kier alpha value is -1.94. The number of nitrogens with zero attached hydrogens (tertiary/aromatic N) is 3. The zero-order chi connectivity index (χ0) is 14.7. The second-order valence-corrected chi connectivity index (χ2v) is 5.72. The maximum absolute atomic E-state index is 5.69. The predicted molar refractivity (Wildman–Crippen MR) is 85.7 cm³/mol. The van der Waals surface area contributed by atoms with Crippen LogP contribution in [0.15, 0.2) is 36.7 Å². The number of rotatable bonds is 3. The molecule has 0 radical (unpaired) electrons. The minimum absolute atomic E-state index is 0.457. The minimum atomic E-state index is 0.457. The van der Waals surface area contributed by atoms with Gasteiger partial charge in [-0.05, 0) is 38.4 Å². The second-order valence-electron chi connectivity index (χ2n) is 5.72. The van der Waals surface area contributed by atoms with Gasteiger partial charge in [0.1, 0.15) is 5.82 Å². The van der Waals surface area contributed by atoms with Crippen molar-refractivity contribution in [3.8, 4) is 11.3 Å². The van der Waals surface area contributed by atoms with E-state index in [9.17, 15) is 0 Å². The van der Waals surface area contributed by atoms with Crippen LogP contribution in [0.3, 0.4) is 0 Å². The molecule has 1 fully saturated rings. The van der Waals surface area contributed by atoms with Crippen LogP contribution < -0.4 is 5.73 Å². The maximum Gasteiger partial charge on any atom is 0.142 e. The molecule has 1 aliphatic rings. The summed E-state index contributed by atoms with van der Waals surface area (Å²) < 4.78 is 0. The Bertz CT molecular complexity index is 588. The molecule has 110 valence electrons. The number of anilines is 1. The fourth-order valence-electron chi connectivity index (χ4n) is 2.97. The molecule has 0 bridgehead atoms. The SMILES string of the molecule is CC(c1ccc(-c2cncc(N)n2)cc1)N1CCCCC1. The van der Waals surface area contributed by atoms with Gasteiger partial charge in [0.05, 0.1) is 18.1 Å². The first-order valence-corrected chi connectivity index (χ1v) is 7.66. The Kier molecular flexibility index (Phi) is 4.15. The molecule has 0 aliphatic carbocycles. The lowest BCUT2D eigenvalue weighted by Crippen LogP contribution is -2.32. The van der Waals surface area contributed by atoms with Gasteiger partial charge in [-0.15, -0.1) is 0 Å². The fourth-order valence-corrected chi connectivity index (χ4v) is 2.97. The van der Waals surface area contributed by atoms with Gasteiger partial charge in [0, 0.05) is 11.6 Å². The molecule has 1 aliphatic heterocycles. The molecule has 4 nitrogen and oxygen atoms in total. The van der Waals surface area contributed by atoms with Gasteiger partial charge in [0.25, 0.3) is 0 Å². The van der Waals surface area contributed by atoms with Crippen molar-refractivity contribution in [1.29, 1.82) is 0 Å². The number of aromatic nitrogens is 2. The molecule has 0 saturated carbocycles. The highest BCUT2D eigenvalue weighted by Crippen LogP contribution is 2.26. The van der Waals surface area contributed by atoms with E-state index in [1.165, 1.54) is 37.9 Å². The number of hydrogen-bond acceptors (Lipinski definition) is 4. The summed E-state index contributed by atoms with van der Waals surface area (Å²) in [5.74, 6) is 0.457. The van der Waals surface area contributed by atoms with E-state index in [1.807, 2.05) is 0 Å². The Morgan fingerprint density at radius 3 is 2.43 bits per heavy atom. The van der Waals surface area contributed by atoms with Gasteiger partial charge in [-0.25, -0.2) is 4.98 Å². The van der Waals surface area contributed by atoms with Crippen LogP contribution in [0.4, 0.5) is 5.82 Å². The zero-order valence-corrected chi connectivity index (χ0v) is 12.5. The Balaban J connectivity index is 1.77. The first-order valence-electron chi connectivity index (χ1n) is 7.66. The lowest BCUT2D eigenvalue weighted by Gasteiger charge is -2.32. The molecular formula is C17H22N4. The average molecular weight is 282 g/mol. The summed E-state index contributed by atoms with van der Waals surface area (Å²) in [6.07, 6.45) is 7.33. The first kappa shape index (κ1) is 14.0. The topological polar surface area (TPSA) is 55.0 Å². The van der Waals surface area contributed by atoms with Crippen molar-refractivity contribution in [1.82, 2.24) is 14.9 Å². The summed E-state index contributed by atoms with van der Waals surface area (Å²) in [5.41, 5.74) is 8.94. The monoisotopic (exact) mass is 282 g/mol. The van der Waals surface area contributed by atoms with Crippen LogP contribution in [0, 0.1) is 0 Å². The summed E-state index contributed by atoms with van der Waals surface area (Å²) in [4.78, 5) is 11.0. The van der Waals surface area contributed by atoms with Crippen LogP contribution in [-0.4, -0.2) is 28.0 Å². The number of nitrogen functional groups attached to an aromatic ring is 1. The lowest BCUT2D eigenvalue weighted by atomic mass is 10.0. The summed E-state index contributed by atoms with van der Waals surface area (Å²) in [6.45, 7) is 4.72. The van der Waals surface area contributed by atoms with Crippen LogP contribution in [-0.2, 0) is 0 Å². The van der Waals surface area contributed by atoms with Gasteiger partial charge in [-0.3, -0.25) is 9.88 Å². The molecule has 2 heterocycles. The quantitative estimate of drug-likeness (QED) is 0.938. The molecule has 2 aromatic rings. The molecule has 1 aromatic carbocycles. The zero-order valence-electron chi connectivity index (χ0n) is 12.5. The third-order valence-corrected chi connectivity index (χ3v) is 4.28. The van der Waals surface area contributed by atoms with E-state index in [4.69, 9.17) is 5.73 Å². The van der Waals surface area contributed by atoms with E-state index in [1.54, 1.807) is 12.4 Å². The van der Waals surface area contributed by atoms with E-state index < -0.39 is 0 Å². The minimum Gasteiger partial charge on any atom is -0.382 e. The van der Waals surface area contributed by atoms with Gasteiger partial charge in [0.15, 0.2) is 0 Å². The predicted octanol–water partition coefficient (Wildman–Crippen LogP) is 3.27. The molecule has 1 aromatic heterocycles.